The van der Waals surface area contributed by atoms with Gasteiger partial charge in [-0.2, -0.15) is 5.10 Å². The molecule has 0 radical (unpaired) electrons. The predicted molar refractivity (Wildman–Crippen MR) is 54.8 cm³/mol. The van der Waals surface area contributed by atoms with Crippen LogP contribution in [0.25, 0.3) is 0 Å². The third-order valence-electron chi connectivity index (χ3n) is 2.25. The largest absolute Gasteiger partial charge is 0.320 e. The summed E-state index contributed by atoms with van der Waals surface area (Å²) in [5, 5.41) is 7.58. The molecular weight excluding hydrogens is 162 g/mol. The Kier molecular flexibility index (Phi) is 3.96. The molecule has 0 aliphatic heterocycles. The lowest BCUT2D eigenvalue weighted by atomic mass is 10.2. The maximum Gasteiger partial charge on any atom is 0.0627 e. The zero-order valence-corrected chi connectivity index (χ0v) is 8.80. The number of rotatable bonds is 5. The van der Waals surface area contributed by atoms with Gasteiger partial charge in [-0.3, -0.25) is 4.68 Å². The van der Waals surface area contributed by atoms with E-state index in [9.17, 15) is 0 Å². The second-order valence-corrected chi connectivity index (χ2v) is 3.31. The molecule has 1 aromatic heterocycles. The van der Waals surface area contributed by atoms with Gasteiger partial charge in [-0.25, -0.2) is 0 Å². The summed E-state index contributed by atoms with van der Waals surface area (Å²) >= 11 is 0. The van der Waals surface area contributed by atoms with Gasteiger partial charge in [0.05, 0.1) is 5.69 Å². The second-order valence-electron chi connectivity index (χ2n) is 3.31. The molecule has 1 rings (SSSR count). The first-order valence-corrected chi connectivity index (χ1v) is 4.94. The molecule has 0 aromatic carbocycles. The fourth-order valence-corrected chi connectivity index (χ4v) is 1.47. The van der Waals surface area contributed by atoms with Crippen LogP contribution in [-0.4, -0.2) is 23.4 Å². The lowest BCUT2D eigenvalue weighted by Gasteiger charge is -1.95. The topological polar surface area (TPSA) is 29.9 Å². The van der Waals surface area contributed by atoms with Crippen LogP contribution in [0, 0.1) is 0 Å². The van der Waals surface area contributed by atoms with Gasteiger partial charge in [0.25, 0.3) is 0 Å². The van der Waals surface area contributed by atoms with E-state index < -0.39 is 0 Å². The van der Waals surface area contributed by atoms with Crippen molar-refractivity contribution in [3.05, 3.63) is 17.5 Å². The van der Waals surface area contributed by atoms with Crippen molar-refractivity contribution in [3.8, 4) is 0 Å². The van der Waals surface area contributed by atoms with E-state index in [1.54, 1.807) is 0 Å². The SMILES string of the molecule is CCc1cc(CCCNC)nn1C. The first kappa shape index (κ1) is 10.3. The van der Waals surface area contributed by atoms with E-state index in [4.69, 9.17) is 0 Å². The van der Waals surface area contributed by atoms with Crippen LogP contribution in [0.4, 0.5) is 0 Å². The van der Waals surface area contributed by atoms with Crippen molar-refractivity contribution in [2.24, 2.45) is 7.05 Å². The molecule has 13 heavy (non-hydrogen) atoms. The normalized spacial score (nSPS) is 10.7. The Balaban J connectivity index is 2.48. The predicted octanol–water partition coefficient (Wildman–Crippen LogP) is 1.13. The summed E-state index contributed by atoms with van der Waals surface area (Å²) in [6.45, 7) is 3.23. The van der Waals surface area contributed by atoms with Gasteiger partial charge in [0, 0.05) is 12.7 Å². The Morgan fingerprint density at radius 3 is 2.85 bits per heavy atom. The standard InChI is InChI=1S/C10H19N3/c1-4-10-8-9(12-13(10)3)6-5-7-11-2/h8,11H,4-7H2,1-3H3. The number of nitrogens with one attached hydrogen (secondary N) is 1. The monoisotopic (exact) mass is 181 g/mol. The summed E-state index contributed by atoms with van der Waals surface area (Å²) in [6.07, 6.45) is 3.31. The molecule has 74 valence electrons. The van der Waals surface area contributed by atoms with Crippen molar-refractivity contribution in [2.45, 2.75) is 26.2 Å². The van der Waals surface area contributed by atoms with Crippen LogP contribution >= 0.6 is 0 Å². The van der Waals surface area contributed by atoms with Gasteiger partial charge < -0.3 is 5.32 Å². The maximum absolute atomic E-state index is 4.44. The van der Waals surface area contributed by atoms with E-state index >= 15 is 0 Å². The minimum atomic E-state index is 1.07. The highest BCUT2D eigenvalue weighted by atomic mass is 15.3. The van der Waals surface area contributed by atoms with Gasteiger partial charge in [-0.15, -0.1) is 0 Å². The quantitative estimate of drug-likeness (QED) is 0.690. The minimum absolute atomic E-state index is 1.07. The van der Waals surface area contributed by atoms with Gasteiger partial charge in [-0.1, -0.05) is 6.92 Å². The summed E-state index contributed by atoms with van der Waals surface area (Å²) in [5.41, 5.74) is 2.54. The molecule has 0 saturated carbocycles. The Hall–Kier alpha value is -0.830. The van der Waals surface area contributed by atoms with Crippen molar-refractivity contribution in [2.75, 3.05) is 13.6 Å². The number of aromatic nitrogens is 2. The van der Waals surface area contributed by atoms with Gasteiger partial charge in [0.15, 0.2) is 0 Å². The smallest absolute Gasteiger partial charge is 0.0627 e. The molecular formula is C10H19N3. The van der Waals surface area contributed by atoms with E-state index in [2.05, 4.69) is 23.4 Å². The van der Waals surface area contributed by atoms with Crippen LogP contribution in [0.3, 0.4) is 0 Å². The van der Waals surface area contributed by atoms with Crippen LogP contribution in [0.5, 0.6) is 0 Å². The van der Waals surface area contributed by atoms with Crippen molar-refractivity contribution in [1.29, 1.82) is 0 Å². The molecule has 0 amide bonds. The maximum atomic E-state index is 4.44. The molecule has 0 aliphatic carbocycles. The molecule has 0 fully saturated rings. The Labute approximate surface area is 80.1 Å². The molecule has 0 aliphatic rings. The van der Waals surface area contributed by atoms with Crippen molar-refractivity contribution in [3.63, 3.8) is 0 Å². The van der Waals surface area contributed by atoms with E-state index in [1.807, 2.05) is 18.8 Å². The highest BCUT2D eigenvalue weighted by Gasteiger charge is 2.01. The minimum Gasteiger partial charge on any atom is -0.320 e. The molecule has 1 aromatic rings. The summed E-state index contributed by atoms with van der Waals surface area (Å²) in [7, 11) is 4.00. The van der Waals surface area contributed by atoms with E-state index in [0.717, 1.165) is 25.8 Å². The van der Waals surface area contributed by atoms with Crippen LogP contribution in [0.2, 0.25) is 0 Å². The number of aryl methyl sites for hydroxylation is 3. The summed E-state index contributed by atoms with van der Waals surface area (Å²) in [5.74, 6) is 0. The number of hydrogen-bond donors (Lipinski definition) is 1. The Morgan fingerprint density at radius 2 is 2.31 bits per heavy atom. The van der Waals surface area contributed by atoms with Crippen LogP contribution in [0.15, 0.2) is 6.07 Å². The summed E-state index contributed by atoms with van der Waals surface area (Å²) in [4.78, 5) is 0. The van der Waals surface area contributed by atoms with Crippen LogP contribution in [0.1, 0.15) is 24.7 Å². The van der Waals surface area contributed by atoms with E-state index in [0.29, 0.717) is 0 Å². The van der Waals surface area contributed by atoms with Gasteiger partial charge in [0.2, 0.25) is 0 Å². The Bertz CT molecular complexity index is 253. The first-order chi connectivity index (χ1) is 6.27. The van der Waals surface area contributed by atoms with Crippen molar-refractivity contribution in [1.82, 2.24) is 15.1 Å². The molecule has 0 bridgehead atoms. The third-order valence-corrected chi connectivity index (χ3v) is 2.25. The van der Waals surface area contributed by atoms with E-state index in [-0.39, 0.29) is 0 Å². The molecule has 0 spiro atoms. The molecule has 3 heteroatoms. The van der Waals surface area contributed by atoms with Gasteiger partial charge >= 0.3 is 0 Å². The third kappa shape index (κ3) is 2.84. The van der Waals surface area contributed by atoms with Gasteiger partial charge in [0.1, 0.15) is 0 Å². The second kappa shape index (κ2) is 5.02. The van der Waals surface area contributed by atoms with Crippen molar-refractivity contribution < 1.29 is 0 Å². The highest BCUT2D eigenvalue weighted by Crippen LogP contribution is 2.05. The number of nitrogens with zero attached hydrogens (tertiary/aromatic N) is 2. The fraction of sp³-hybridized carbons (Fsp3) is 0.700. The van der Waals surface area contributed by atoms with Crippen LogP contribution in [-0.2, 0) is 19.9 Å². The van der Waals surface area contributed by atoms with Gasteiger partial charge in [-0.05, 0) is 38.9 Å². The van der Waals surface area contributed by atoms with Crippen molar-refractivity contribution >= 4 is 0 Å². The molecule has 1 heterocycles. The summed E-state index contributed by atoms with van der Waals surface area (Å²) < 4.78 is 1.98. The zero-order chi connectivity index (χ0) is 9.68. The molecule has 0 atom stereocenters. The van der Waals surface area contributed by atoms with Crippen LogP contribution < -0.4 is 5.32 Å². The lowest BCUT2D eigenvalue weighted by Crippen LogP contribution is -2.08. The zero-order valence-electron chi connectivity index (χ0n) is 8.80. The lowest BCUT2D eigenvalue weighted by molar-refractivity contribution is 0.676. The fourth-order valence-electron chi connectivity index (χ4n) is 1.47. The molecule has 1 N–H and O–H groups in total. The summed E-state index contributed by atoms with van der Waals surface area (Å²) in [6, 6.07) is 2.20. The number of hydrogen-bond acceptors (Lipinski definition) is 2. The average molecular weight is 181 g/mol. The average Bonchev–Trinajstić information content (AvgIpc) is 2.47. The molecule has 0 unspecified atom stereocenters. The first-order valence-electron chi connectivity index (χ1n) is 4.94. The van der Waals surface area contributed by atoms with E-state index in [1.165, 1.54) is 11.4 Å². The Morgan fingerprint density at radius 1 is 1.54 bits per heavy atom. The molecule has 0 saturated heterocycles. The molecule has 3 nitrogen and oxygen atoms in total. The highest BCUT2D eigenvalue weighted by molar-refractivity contribution is 5.10.